The highest BCUT2D eigenvalue weighted by atomic mass is 32.2. The second-order valence-corrected chi connectivity index (χ2v) is 6.79. The van der Waals surface area contributed by atoms with Gasteiger partial charge in [0.25, 0.3) is 10.0 Å². The summed E-state index contributed by atoms with van der Waals surface area (Å²) in [6, 6.07) is 3.14. The Morgan fingerprint density at radius 3 is 2.90 bits per heavy atom. The second-order valence-electron chi connectivity index (χ2n) is 4.32. The maximum absolute atomic E-state index is 11.2. The first-order valence-corrected chi connectivity index (χ1v) is 9.05. The summed E-state index contributed by atoms with van der Waals surface area (Å²) >= 11 is 1.79. The number of nitrogens with two attached hydrogens (primary N) is 1. The van der Waals surface area contributed by atoms with Crippen LogP contribution in [0.4, 0.5) is 0 Å². The largest absolute Gasteiger partial charge is 0.443 e. The molecule has 2 rings (SSSR count). The molecule has 0 saturated heterocycles. The van der Waals surface area contributed by atoms with Crippen LogP contribution in [0.15, 0.2) is 27.8 Å². The molecule has 20 heavy (non-hydrogen) atoms. The molecule has 0 amide bonds. The maximum Gasteiger partial charge on any atom is 0.271 e. The lowest BCUT2D eigenvalue weighted by molar-refractivity contribution is 0.482. The van der Waals surface area contributed by atoms with Crippen molar-refractivity contribution in [3.8, 4) is 0 Å². The molecule has 2 aromatic heterocycles. The van der Waals surface area contributed by atoms with Crippen LogP contribution < -0.4 is 10.5 Å². The molecule has 3 N–H and O–H groups in total. The number of sulfonamides is 1. The number of nitrogens with one attached hydrogen (secondary N) is 1. The molecule has 2 heterocycles. The van der Waals surface area contributed by atoms with Gasteiger partial charge in [0.1, 0.15) is 5.58 Å². The SMILES string of the molecule is CSCCNCCc1cc2oc(S(N)(=O)=O)cc2cn1. The van der Waals surface area contributed by atoms with Crippen LogP contribution in [0, 0.1) is 0 Å². The summed E-state index contributed by atoms with van der Waals surface area (Å²) in [6.07, 6.45) is 4.43. The van der Waals surface area contributed by atoms with Crippen molar-refractivity contribution in [3.63, 3.8) is 0 Å². The van der Waals surface area contributed by atoms with Crippen molar-refractivity contribution in [1.29, 1.82) is 0 Å². The Labute approximate surface area is 122 Å². The molecule has 0 spiro atoms. The van der Waals surface area contributed by atoms with Gasteiger partial charge in [-0.3, -0.25) is 4.98 Å². The molecule has 0 aromatic carbocycles. The van der Waals surface area contributed by atoms with Crippen LogP contribution in [0.2, 0.25) is 0 Å². The van der Waals surface area contributed by atoms with Crippen LogP contribution in [0.3, 0.4) is 0 Å². The number of hydrogen-bond donors (Lipinski definition) is 2. The maximum atomic E-state index is 11.2. The number of thioether (sulfide) groups is 1. The summed E-state index contributed by atoms with van der Waals surface area (Å²) in [5.74, 6) is 1.07. The van der Waals surface area contributed by atoms with Crippen molar-refractivity contribution in [2.75, 3.05) is 25.1 Å². The summed E-state index contributed by atoms with van der Waals surface area (Å²) < 4.78 is 27.7. The van der Waals surface area contributed by atoms with Crippen LogP contribution in [-0.2, 0) is 16.4 Å². The fourth-order valence-electron chi connectivity index (χ4n) is 1.74. The van der Waals surface area contributed by atoms with Gasteiger partial charge in [-0.15, -0.1) is 0 Å². The number of fused-ring (bicyclic) bond motifs is 1. The fraction of sp³-hybridized carbons (Fsp3) is 0.417. The number of hydrogen-bond acceptors (Lipinski definition) is 6. The molecule has 0 atom stereocenters. The smallest absolute Gasteiger partial charge is 0.271 e. The highest BCUT2D eigenvalue weighted by Gasteiger charge is 2.14. The van der Waals surface area contributed by atoms with Gasteiger partial charge in [0.05, 0.1) is 0 Å². The molecule has 8 heteroatoms. The van der Waals surface area contributed by atoms with Gasteiger partial charge < -0.3 is 9.73 Å². The van der Waals surface area contributed by atoms with Crippen molar-refractivity contribution in [2.45, 2.75) is 11.5 Å². The van der Waals surface area contributed by atoms with E-state index in [-0.39, 0.29) is 5.09 Å². The van der Waals surface area contributed by atoms with Gasteiger partial charge in [0.15, 0.2) is 0 Å². The first kappa shape index (κ1) is 15.3. The first-order valence-electron chi connectivity index (χ1n) is 6.11. The van der Waals surface area contributed by atoms with E-state index in [0.717, 1.165) is 31.0 Å². The molecule has 0 fully saturated rings. The third-order valence-corrected chi connectivity index (χ3v) is 4.13. The van der Waals surface area contributed by atoms with Crippen molar-refractivity contribution in [1.82, 2.24) is 10.3 Å². The summed E-state index contributed by atoms with van der Waals surface area (Å²) in [4.78, 5) is 4.28. The highest BCUT2D eigenvalue weighted by molar-refractivity contribution is 7.98. The summed E-state index contributed by atoms with van der Waals surface area (Å²) in [5, 5.41) is 8.74. The van der Waals surface area contributed by atoms with Crippen LogP contribution in [0.1, 0.15) is 5.69 Å². The van der Waals surface area contributed by atoms with E-state index in [1.165, 1.54) is 6.07 Å². The van der Waals surface area contributed by atoms with Crippen molar-refractivity contribution in [2.24, 2.45) is 5.14 Å². The van der Waals surface area contributed by atoms with E-state index in [0.29, 0.717) is 11.0 Å². The number of nitrogens with zero attached hydrogens (tertiary/aromatic N) is 1. The third-order valence-electron chi connectivity index (χ3n) is 2.76. The molecule has 0 radical (unpaired) electrons. The quantitative estimate of drug-likeness (QED) is 0.739. The first-order chi connectivity index (χ1) is 9.50. The van der Waals surface area contributed by atoms with Crippen molar-refractivity contribution in [3.05, 3.63) is 24.0 Å². The average Bonchev–Trinajstić information content (AvgIpc) is 2.81. The molecule has 0 aliphatic heterocycles. The van der Waals surface area contributed by atoms with Gasteiger partial charge in [-0.25, -0.2) is 13.6 Å². The molecule has 6 nitrogen and oxygen atoms in total. The molecule has 0 saturated carbocycles. The minimum absolute atomic E-state index is 0.232. The Morgan fingerprint density at radius 1 is 1.40 bits per heavy atom. The zero-order valence-corrected chi connectivity index (χ0v) is 12.8. The third kappa shape index (κ3) is 3.95. The normalized spacial score (nSPS) is 12.1. The zero-order chi connectivity index (χ0) is 14.6. The van der Waals surface area contributed by atoms with Crippen LogP contribution in [0.25, 0.3) is 11.0 Å². The minimum atomic E-state index is -3.81. The van der Waals surface area contributed by atoms with Crippen LogP contribution in [0.5, 0.6) is 0 Å². The lowest BCUT2D eigenvalue weighted by Gasteiger charge is -2.03. The number of pyridine rings is 1. The van der Waals surface area contributed by atoms with Crippen LogP contribution in [-0.4, -0.2) is 38.5 Å². The van der Waals surface area contributed by atoms with Gasteiger partial charge in [-0.1, -0.05) is 0 Å². The predicted octanol–water partition coefficient (Wildman–Crippen LogP) is 0.970. The molecular formula is C12H17N3O3S2. The Balaban J connectivity index is 2.05. The van der Waals surface area contributed by atoms with Crippen molar-refractivity contribution < 1.29 is 12.8 Å². The van der Waals surface area contributed by atoms with E-state index < -0.39 is 10.0 Å². The van der Waals surface area contributed by atoms with Gasteiger partial charge >= 0.3 is 0 Å². The van der Waals surface area contributed by atoms with Gasteiger partial charge in [-0.05, 0) is 6.26 Å². The lowest BCUT2D eigenvalue weighted by Crippen LogP contribution is -2.20. The average molecular weight is 315 g/mol. The molecule has 0 aliphatic rings. The van der Waals surface area contributed by atoms with Crippen LogP contribution >= 0.6 is 11.8 Å². The standard InChI is InChI=1S/C12H17N3O3S2/c1-19-5-4-14-3-2-10-7-11-9(8-15-10)6-12(18-11)20(13,16)17/h6-8,14H,2-5H2,1H3,(H2,13,16,17). The Morgan fingerprint density at radius 2 is 2.20 bits per heavy atom. The Hall–Kier alpha value is -1.09. The number of rotatable bonds is 7. The number of primary sulfonamides is 1. The van der Waals surface area contributed by atoms with E-state index >= 15 is 0 Å². The highest BCUT2D eigenvalue weighted by Crippen LogP contribution is 2.21. The number of aromatic nitrogens is 1. The summed E-state index contributed by atoms with van der Waals surface area (Å²) in [6.45, 7) is 1.78. The Bertz CT molecular complexity index is 682. The molecule has 0 bridgehead atoms. The zero-order valence-electron chi connectivity index (χ0n) is 11.1. The van der Waals surface area contributed by atoms with E-state index in [2.05, 4.69) is 16.6 Å². The Kier molecular flexibility index (Phi) is 5.03. The van der Waals surface area contributed by atoms with Gasteiger partial charge in [0, 0.05) is 54.7 Å². The molecule has 2 aromatic rings. The molecule has 0 unspecified atom stereocenters. The van der Waals surface area contributed by atoms with E-state index in [9.17, 15) is 8.42 Å². The minimum Gasteiger partial charge on any atom is -0.443 e. The van der Waals surface area contributed by atoms with E-state index in [4.69, 9.17) is 9.56 Å². The summed E-state index contributed by atoms with van der Waals surface area (Å²) in [7, 11) is -3.81. The predicted molar refractivity (Wildman–Crippen MR) is 80.3 cm³/mol. The monoisotopic (exact) mass is 315 g/mol. The van der Waals surface area contributed by atoms with E-state index in [1.807, 2.05) is 0 Å². The van der Waals surface area contributed by atoms with Crippen molar-refractivity contribution >= 4 is 32.8 Å². The fourth-order valence-corrected chi connectivity index (χ4v) is 2.59. The lowest BCUT2D eigenvalue weighted by atomic mass is 10.2. The van der Waals surface area contributed by atoms with Gasteiger partial charge in [0.2, 0.25) is 5.09 Å². The second kappa shape index (κ2) is 6.57. The molecule has 110 valence electrons. The number of furan rings is 1. The topological polar surface area (TPSA) is 98.2 Å². The van der Waals surface area contributed by atoms with Gasteiger partial charge in [-0.2, -0.15) is 11.8 Å². The molecule has 0 aliphatic carbocycles. The molecular weight excluding hydrogens is 298 g/mol. The summed E-state index contributed by atoms with van der Waals surface area (Å²) in [5.41, 5.74) is 1.34. The van der Waals surface area contributed by atoms with E-state index in [1.54, 1.807) is 24.0 Å².